The van der Waals surface area contributed by atoms with Crippen molar-refractivity contribution in [1.29, 1.82) is 0 Å². The molecule has 1 fully saturated rings. The van der Waals surface area contributed by atoms with Gasteiger partial charge in [0, 0.05) is 12.2 Å². The van der Waals surface area contributed by atoms with Crippen LogP contribution in [0, 0.1) is 0 Å². The fourth-order valence-electron chi connectivity index (χ4n) is 2.72. The van der Waals surface area contributed by atoms with Crippen LogP contribution in [0.15, 0.2) is 29.6 Å². The van der Waals surface area contributed by atoms with E-state index in [4.69, 9.17) is 11.5 Å². The fraction of sp³-hybridized carbons (Fsp3) is 0.444. The van der Waals surface area contributed by atoms with Gasteiger partial charge in [0.05, 0.1) is 17.4 Å². The van der Waals surface area contributed by atoms with Gasteiger partial charge in [-0.05, 0) is 62.9 Å². The fourth-order valence-corrected chi connectivity index (χ4v) is 2.72. The van der Waals surface area contributed by atoms with Gasteiger partial charge in [0.25, 0.3) is 5.91 Å². The molecule has 1 saturated carbocycles. The number of nitrogens with one attached hydrogen (secondary N) is 3. The van der Waals surface area contributed by atoms with Crippen molar-refractivity contribution in [3.8, 4) is 5.75 Å². The summed E-state index contributed by atoms with van der Waals surface area (Å²) in [6.07, 6.45) is 4.74. The molecule has 0 unspecified atom stereocenters. The molecule has 0 spiro atoms. The molecule has 1 aromatic rings. The number of hydrogen-bond donors (Lipinski definition) is 6. The first-order valence-corrected chi connectivity index (χ1v) is 8.74. The van der Waals surface area contributed by atoms with Gasteiger partial charge < -0.3 is 32.5 Å². The summed E-state index contributed by atoms with van der Waals surface area (Å²) < 4.78 is 0. The minimum atomic E-state index is -0.756. The van der Waals surface area contributed by atoms with Crippen molar-refractivity contribution in [2.24, 2.45) is 11.5 Å². The molecule has 0 heterocycles. The van der Waals surface area contributed by atoms with Crippen LogP contribution in [0.4, 0.5) is 5.69 Å². The third-order valence-electron chi connectivity index (χ3n) is 4.52. The zero-order chi connectivity index (χ0) is 19.1. The van der Waals surface area contributed by atoms with E-state index in [1.807, 2.05) is 0 Å². The Hall–Kier alpha value is -2.74. The summed E-state index contributed by atoms with van der Waals surface area (Å²) in [5.74, 6) is -0.429. The van der Waals surface area contributed by atoms with Gasteiger partial charge in [0.15, 0.2) is 0 Å². The van der Waals surface area contributed by atoms with E-state index >= 15 is 0 Å². The first-order valence-electron chi connectivity index (χ1n) is 8.74. The standard InChI is InChI=1S/C18H27N5O3/c1-21-14(6-3-9-22-16(19)11-4-2-5-11)18(26)23-12-7-8-15(24)13(10-12)17(20)25/h7-8,10,14,21-22,24H,2-6,9,19H2,1H3,(H2,20,25)(H,23,26)/t14-/m0/s1. The maximum atomic E-state index is 12.4. The summed E-state index contributed by atoms with van der Waals surface area (Å²) in [5.41, 5.74) is 12.8. The number of rotatable bonds is 9. The maximum absolute atomic E-state index is 12.4. The number of allylic oxidation sites excluding steroid dienone is 1. The highest BCUT2D eigenvalue weighted by Gasteiger charge is 2.18. The van der Waals surface area contributed by atoms with Crippen LogP contribution in [0.1, 0.15) is 42.5 Å². The molecule has 142 valence electrons. The largest absolute Gasteiger partial charge is 0.507 e. The Kier molecular flexibility index (Phi) is 6.85. The number of amides is 2. The Balaban J connectivity index is 1.84. The zero-order valence-corrected chi connectivity index (χ0v) is 15.0. The van der Waals surface area contributed by atoms with Gasteiger partial charge >= 0.3 is 0 Å². The second kappa shape index (κ2) is 9.10. The van der Waals surface area contributed by atoms with E-state index in [1.165, 1.54) is 30.2 Å². The SMILES string of the molecule is CN[C@@H](CCCNC(N)=C1CCC1)C(=O)Nc1ccc(O)c(C(N)=O)c1. The van der Waals surface area contributed by atoms with Gasteiger partial charge in [-0.2, -0.15) is 0 Å². The zero-order valence-electron chi connectivity index (χ0n) is 15.0. The molecule has 8 N–H and O–H groups in total. The number of primary amides is 1. The third kappa shape index (κ3) is 5.13. The molecule has 8 nitrogen and oxygen atoms in total. The predicted molar refractivity (Wildman–Crippen MR) is 100 cm³/mol. The van der Waals surface area contributed by atoms with Crippen LogP contribution in [-0.4, -0.2) is 36.6 Å². The number of phenols is 1. The average molecular weight is 361 g/mol. The lowest BCUT2D eigenvalue weighted by molar-refractivity contribution is -0.118. The number of benzene rings is 1. The number of likely N-dealkylation sites (N-methyl/N-ethyl adjacent to an activating group) is 1. The quantitative estimate of drug-likeness (QED) is 0.283. The van der Waals surface area contributed by atoms with Gasteiger partial charge in [-0.25, -0.2) is 0 Å². The van der Waals surface area contributed by atoms with Crippen LogP contribution in [0.5, 0.6) is 5.75 Å². The topological polar surface area (TPSA) is 142 Å². The summed E-state index contributed by atoms with van der Waals surface area (Å²) in [6.45, 7) is 0.700. The number of nitrogens with two attached hydrogens (primary N) is 2. The molecule has 8 heteroatoms. The molecule has 0 aliphatic heterocycles. The summed E-state index contributed by atoms with van der Waals surface area (Å²) in [7, 11) is 1.72. The van der Waals surface area contributed by atoms with Crippen LogP contribution >= 0.6 is 0 Å². The van der Waals surface area contributed by atoms with E-state index in [0.29, 0.717) is 18.7 Å². The van der Waals surface area contributed by atoms with Gasteiger partial charge in [-0.3, -0.25) is 9.59 Å². The van der Waals surface area contributed by atoms with Crippen molar-refractivity contribution < 1.29 is 14.7 Å². The number of hydrogen-bond acceptors (Lipinski definition) is 6. The lowest BCUT2D eigenvalue weighted by atomic mass is 9.92. The molecule has 0 bridgehead atoms. The van der Waals surface area contributed by atoms with Crippen molar-refractivity contribution in [2.75, 3.05) is 18.9 Å². The molecular formula is C18H27N5O3. The van der Waals surface area contributed by atoms with Crippen molar-refractivity contribution in [2.45, 2.75) is 38.1 Å². The Morgan fingerprint density at radius 2 is 2.00 bits per heavy atom. The smallest absolute Gasteiger partial charge is 0.252 e. The monoisotopic (exact) mass is 361 g/mol. The number of aromatic hydroxyl groups is 1. The van der Waals surface area contributed by atoms with Crippen LogP contribution in [0.25, 0.3) is 0 Å². The Bertz CT molecular complexity index is 696. The molecule has 1 atom stereocenters. The molecule has 2 rings (SSSR count). The molecule has 26 heavy (non-hydrogen) atoms. The van der Waals surface area contributed by atoms with E-state index in [0.717, 1.165) is 25.1 Å². The number of carbonyl (C=O) groups excluding carboxylic acids is 2. The number of carbonyl (C=O) groups is 2. The van der Waals surface area contributed by atoms with Crippen molar-refractivity contribution in [3.05, 3.63) is 35.2 Å². The van der Waals surface area contributed by atoms with Crippen molar-refractivity contribution in [1.82, 2.24) is 10.6 Å². The Labute approximate surface area is 153 Å². The first-order chi connectivity index (χ1) is 12.4. The highest BCUT2D eigenvalue weighted by molar-refractivity contribution is 5.99. The third-order valence-corrected chi connectivity index (χ3v) is 4.52. The van der Waals surface area contributed by atoms with E-state index < -0.39 is 5.91 Å². The normalized spacial score (nSPS) is 14.3. The molecule has 0 saturated heterocycles. The van der Waals surface area contributed by atoms with Crippen LogP contribution in [0.3, 0.4) is 0 Å². The lowest BCUT2D eigenvalue weighted by Crippen LogP contribution is -2.39. The minimum Gasteiger partial charge on any atom is -0.507 e. The number of anilines is 1. The molecule has 1 aliphatic rings. The summed E-state index contributed by atoms with van der Waals surface area (Å²) >= 11 is 0. The highest BCUT2D eigenvalue weighted by atomic mass is 16.3. The van der Waals surface area contributed by atoms with Gasteiger partial charge in [0.1, 0.15) is 5.75 Å². The van der Waals surface area contributed by atoms with E-state index in [2.05, 4.69) is 16.0 Å². The van der Waals surface area contributed by atoms with Gasteiger partial charge in [-0.15, -0.1) is 0 Å². The molecule has 1 aromatic carbocycles. The van der Waals surface area contributed by atoms with Gasteiger partial charge in [-0.1, -0.05) is 0 Å². The van der Waals surface area contributed by atoms with Crippen LogP contribution in [-0.2, 0) is 4.79 Å². The van der Waals surface area contributed by atoms with E-state index in [-0.39, 0.29) is 23.3 Å². The molecule has 0 radical (unpaired) electrons. The predicted octanol–water partition coefficient (Wildman–Crippen LogP) is 0.742. The molecule has 1 aliphatic carbocycles. The van der Waals surface area contributed by atoms with E-state index in [9.17, 15) is 14.7 Å². The van der Waals surface area contributed by atoms with Crippen molar-refractivity contribution >= 4 is 17.5 Å². The maximum Gasteiger partial charge on any atom is 0.252 e. The molecular weight excluding hydrogens is 334 g/mol. The van der Waals surface area contributed by atoms with Gasteiger partial charge in [0.2, 0.25) is 5.91 Å². The Morgan fingerprint density at radius 3 is 2.58 bits per heavy atom. The second-order valence-electron chi connectivity index (χ2n) is 6.37. The Morgan fingerprint density at radius 1 is 1.27 bits per heavy atom. The lowest BCUT2D eigenvalue weighted by Gasteiger charge is -2.21. The minimum absolute atomic E-state index is 0.0347. The summed E-state index contributed by atoms with van der Waals surface area (Å²) in [5, 5.41) is 18.5. The van der Waals surface area contributed by atoms with E-state index in [1.54, 1.807) is 7.05 Å². The first kappa shape index (κ1) is 19.6. The van der Waals surface area contributed by atoms with Crippen molar-refractivity contribution in [3.63, 3.8) is 0 Å². The molecule has 2 amide bonds. The van der Waals surface area contributed by atoms with Crippen LogP contribution < -0.4 is 27.4 Å². The average Bonchev–Trinajstić information content (AvgIpc) is 2.54. The molecule has 0 aromatic heterocycles. The summed E-state index contributed by atoms with van der Waals surface area (Å²) in [4.78, 5) is 23.7. The van der Waals surface area contributed by atoms with Crippen LogP contribution in [0.2, 0.25) is 0 Å². The summed E-state index contributed by atoms with van der Waals surface area (Å²) in [6, 6.07) is 3.81. The highest BCUT2D eigenvalue weighted by Crippen LogP contribution is 2.26. The second-order valence-corrected chi connectivity index (χ2v) is 6.37.